The standard InChI is InChI=1S/C19H17N3O3/c23-16(11-14-7-3-1-4-8-14)13-22-17(12-18(24)25)19(20-21-22)15-9-5-2-6-10-15/h1-10H,11-13H2,(H,24,25). The first-order valence-corrected chi connectivity index (χ1v) is 7.88. The molecule has 0 unspecified atom stereocenters. The van der Waals surface area contributed by atoms with Crippen LogP contribution in [0.5, 0.6) is 0 Å². The molecule has 3 aromatic rings. The lowest BCUT2D eigenvalue weighted by Gasteiger charge is -2.06. The normalized spacial score (nSPS) is 10.6. The second-order valence-electron chi connectivity index (χ2n) is 5.68. The minimum absolute atomic E-state index is 0.00264. The van der Waals surface area contributed by atoms with E-state index in [0.29, 0.717) is 11.4 Å². The van der Waals surface area contributed by atoms with Gasteiger partial charge in [-0.25, -0.2) is 4.68 Å². The van der Waals surface area contributed by atoms with E-state index in [1.807, 2.05) is 60.7 Å². The number of rotatable bonds is 7. The average molecular weight is 335 g/mol. The van der Waals surface area contributed by atoms with Crippen molar-refractivity contribution in [1.29, 1.82) is 0 Å². The van der Waals surface area contributed by atoms with Crippen molar-refractivity contribution in [3.63, 3.8) is 0 Å². The minimum Gasteiger partial charge on any atom is -0.481 e. The van der Waals surface area contributed by atoms with Crippen molar-refractivity contribution in [1.82, 2.24) is 15.0 Å². The number of hydrogen-bond acceptors (Lipinski definition) is 4. The van der Waals surface area contributed by atoms with Crippen LogP contribution >= 0.6 is 0 Å². The maximum Gasteiger partial charge on any atom is 0.309 e. The Morgan fingerprint density at radius 3 is 2.20 bits per heavy atom. The topological polar surface area (TPSA) is 85.1 Å². The van der Waals surface area contributed by atoms with Crippen molar-refractivity contribution in [3.8, 4) is 11.3 Å². The Bertz CT molecular complexity index is 873. The third-order valence-electron chi connectivity index (χ3n) is 3.77. The third kappa shape index (κ3) is 4.17. The van der Waals surface area contributed by atoms with E-state index >= 15 is 0 Å². The zero-order chi connectivity index (χ0) is 17.6. The Morgan fingerprint density at radius 2 is 1.56 bits per heavy atom. The lowest BCUT2D eigenvalue weighted by atomic mass is 10.1. The second-order valence-corrected chi connectivity index (χ2v) is 5.68. The molecule has 0 atom stereocenters. The lowest BCUT2D eigenvalue weighted by Crippen LogP contribution is -2.17. The van der Waals surface area contributed by atoms with Gasteiger partial charge in [-0.1, -0.05) is 65.9 Å². The first-order chi connectivity index (χ1) is 12.1. The highest BCUT2D eigenvalue weighted by Gasteiger charge is 2.19. The SMILES string of the molecule is O=C(O)Cc1c(-c2ccccc2)nnn1CC(=O)Cc1ccccc1. The number of carboxylic acids is 1. The molecule has 1 aromatic heterocycles. The quantitative estimate of drug-likeness (QED) is 0.716. The van der Waals surface area contributed by atoms with Crippen LogP contribution in [0.2, 0.25) is 0 Å². The van der Waals surface area contributed by atoms with Crippen LogP contribution in [0.15, 0.2) is 60.7 Å². The number of carbonyl (C=O) groups excluding carboxylic acids is 1. The van der Waals surface area contributed by atoms with Gasteiger partial charge in [-0.15, -0.1) is 5.10 Å². The molecule has 0 aliphatic carbocycles. The van der Waals surface area contributed by atoms with Gasteiger partial charge in [0.1, 0.15) is 12.2 Å². The maximum absolute atomic E-state index is 12.3. The molecule has 0 aliphatic heterocycles. The molecule has 6 nitrogen and oxygen atoms in total. The summed E-state index contributed by atoms with van der Waals surface area (Å²) in [6.45, 7) is -0.00264. The van der Waals surface area contributed by atoms with E-state index in [1.54, 1.807) is 0 Å². The summed E-state index contributed by atoms with van der Waals surface area (Å²) in [6.07, 6.45) is 0.0315. The summed E-state index contributed by atoms with van der Waals surface area (Å²) in [4.78, 5) is 23.6. The number of carbonyl (C=O) groups is 2. The fraction of sp³-hybridized carbons (Fsp3) is 0.158. The molecule has 126 valence electrons. The second kappa shape index (κ2) is 7.53. The molecular weight excluding hydrogens is 318 g/mol. The van der Waals surface area contributed by atoms with E-state index in [1.165, 1.54) is 4.68 Å². The van der Waals surface area contributed by atoms with E-state index in [0.717, 1.165) is 11.1 Å². The fourth-order valence-corrected chi connectivity index (χ4v) is 2.64. The molecule has 3 rings (SSSR count). The first kappa shape index (κ1) is 16.6. The molecule has 2 aromatic carbocycles. The molecular formula is C19H17N3O3. The summed E-state index contributed by atoms with van der Waals surface area (Å²) in [7, 11) is 0. The van der Waals surface area contributed by atoms with Gasteiger partial charge < -0.3 is 5.11 Å². The van der Waals surface area contributed by atoms with E-state index in [-0.39, 0.29) is 25.2 Å². The zero-order valence-electron chi connectivity index (χ0n) is 13.5. The summed E-state index contributed by atoms with van der Waals surface area (Å²) in [6, 6.07) is 18.6. The van der Waals surface area contributed by atoms with Gasteiger partial charge in [0.2, 0.25) is 0 Å². The van der Waals surface area contributed by atoms with Gasteiger partial charge in [0.15, 0.2) is 5.78 Å². The van der Waals surface area contributed by atoms with Crippen molar-refractivity contribution in [2.75, 3.05) is 0 Å². The molecule has 1 N–H and O–H groups in total. The van der Waals surface area contributed by atoms with Gasteiger partial charge in [0.25, 0.3) is 0 Å². The van der Waals surface area contributed by atoms with Crippen LogP contribution in [0.3, 0.4) is 0 Å². The fourth-order valence-electron chi connectivity index (χ4n) is 2.64. The molecule has 1 heterocycles. The molecule has 0 saturated heterocycles. The van der Waals surface area contributed by atoms with Gasteiger partial charge in [0.05, 0.1) is 12.1 Å². The zero-order valence-corrected chi connectivity index (χ0v) is 13.5. The highest BCUT2D eigenvalue weighted by Crippen LogP contribution is 2.21. The van der Waals surface area contributed by atoms with Crippen molar-refractivity contribution < 1.29 is 14.7 Å². The number of aliphatic carboxylic acids is 1. The number of Topliss-reactive ketones (excluding diaryl/α,β-unsaturated/α-hetero) is 1. The van der Waals surface area contributed by atoms with E-state index < -0.39 is 5.97 Å². The van der Waals surface area contributed by atoms with Crippen LogP contribution in [0.1, 0.15) is 11.3 Å². The molecule has 0 amide bonds. The Labute approximate surface area is 144 Å². The van der Waals surface area contributed by atoms with Crippen molar-refractivity contribution in [3.05, 3.63) is 71.9 Å². The molecule has 6 heteroatoms. The largest absolute Gasteiger partial charge is 0.481 e. The molecule has 25 heavy (non-hydrogen) atoms. The van der Waals surface area contributed by atoms with E-state index in [4.69, 9.17) is 0 Å². The van der Waals surface area contributed by atoms with Crippen molar-refractivity contribution in [2.45, 2.75) is 19.4 Å². The van der Waals surface area contributed by atoms with Gasteiger partial charge in [-0.05, 0) is 5.56 Å². The van der Waals surface area contributed by atoms with Crippen molar-refractivity contribution in [2.24, 2.45) is 0 Å². The van der Waals surface area contributed by atoms with Gasteiger partial charge >= 0.3 is 5.97 Å². The van der Waals surface area contributed by atoms with E-state index in [2.05, 4.69) is 10.3 Å². The Kier molecular flexibility index (Phi) is 4.99. The highest BCUT2D eigenvalue weighted by molar-refractivity contribution is 5.81. The average Bonchev–Trinajstić information content (AvgIpc) is 2.98. The summed E-state index contributed by atoms with van der Waals surface area (Å²) in [5.41, 5.74) is 2.62. The van der Waals surface area contributed by atoms with Crippen LogP contribution < -0.4 is 0 Å². The van der Waals surface area contributed by atoms with Gasteiger partial charge in [-0.3, -0.25) is 9.59 Å². The smallest absolute Gasteiger partial charge is 0.309 e. The maximum atomic E-state index is 12.3. The predicted octanol–water partition coefficient (Wildman–Crippen LogP) is 2.38. The lowest BCUT2D eigenvalue weighted by molar-refractivity contribution is -0.136. The van der Waals surface area contributed by atoms with E-state index in [9.17, 15) is 14.7 Å². The summed E-state index contributed by atoms with van der Waals surface area (Å²) in [5.74, 6) is -1.04. The highest BCUT2D eigenvalue weighted by atomic mass is 16.4. The monoisotopic (exact) mass is 335 g/mol. The molecule has 0 bridgehead atoms. The van der Waals surface area contributed by atoms with Crippen LogP contribution in [-0.2, 0) is 29.0 Å². The first-order valence-electron chi connectivity index (χ1n) is 7.88. The third-order valence-corrected chi connectivity index (χ3v) is 3.77. The number of aromatic nitrogens is 3. The number of benzene rings is 2. The minimum atomic E-state index is -0.990. The number of hydrogen-bond donors (Lipinski definition) is 1. The Balaban J connectivity index is 1.84. The Morgan fingerprint density at radius 1 is 0.920 bits per heavy atom. The number of carboxylic acid groups (broad SMARTS) is 1. The summed E-state index contributed by atoms with van der Waals surface area (Å²) >= 11 is 0. The molecule has 0 radical (unpaired) electrons. The number of nitrogens with zero attached hydrogens (tertiary/aromatic N) is 3. The van der Waals surface area contributed by atoms with Crippen LogP contribution in [0.25, 0.3) is 11.3 Å². The molecule has 0 fully saturated rings. The predicted molar refractivity (Wildman–Crippen MR) is 92.0 cm³/mol. The summed E-state index contributed by atoms with van der Waals surface area (Å²) in [5, 5.41) is 17.3. The summed E-state index contributed by atoms with van der Waals surface area (Å²) < 4.78 is 1.39. The Hall–Kier alpha value is -3.28. The van der Waals surface area contributed by atoms with Crippen LogP contribution in [0.4, 0.5) is 0 Å². The molecule has 0 spiro atoms. The van der Waals surface area contributed by atoms with Crippen LogP contribution in [0, 0.1) is 0 Å². The molecule has 0 saturated carbocycles. The number of ketones is 1. The van der Waals surface area contributed by atoms with Gasteiger partial charge in [0, 0.05) is 12.0 Å². The van der Waals surface area contributed by atoms with Crippen molar-refractivity contribution >= 4 is 11.8 Å². The van der Waals surface area contributed by atoms with Crippen LogP contribution in [-0.4, -0.2) is 31.9 Å². The van der Waals surface area contributed by atoms with Gasteiger partial charge in [-0.2, -0.15) is 0 Å². The molecule has 0 aliphatic rings.